The highest BCUT2D eigenvalue weighted by atomic mass is 16.4. The molecule has 1 amide bonds. The number of pyridine rings is 1. The van der Waals surface area contributed by atoms with Gasteiger partial charge in [-0.15, -0.1) is 0 Å². The van der Waals surface area contributed by atoms with Gasteiger partial charge in [0.25, 0.3) is 0 Å². The van der Waals surface area contributed by atoms with E-state index in [1.165, 1.54) is 0 Å². The molecular formula is C41H63N3O6. The SMILES string of the molecule is CC(C)N(CCC(C(N)=O)(c1ccccc1)c1ccccn1)C(C)C.CCCCC[C@H](O)/C=C/[C@H]1[C@H](O)CC(=O)[C@@H]1CCCCCCC(=O)O. The van der Waals surface area contributed by atoms with Gasteiger partial charge in [-0.3, -0.25) is 24.3 Å². The van der Waals surface area contributed by atoms with Gasteiger partial charge in [0.2, 0.25) is 5.91 Å². The second-order valence-corrected chi connectivity index (χ2v) is 14.2. The minimum Gasteiger partial charge on any atom is -0.481 e. The van der Waals surface area contributed by atoms with Gasteiger partial charge in [0, 0.05) is 49.5 Å². The second-order valence-electron chi connectivity index (χ2n) is 14.2. The van der Waals surface area contributed by atoms with Crippen LogP contribution < -0.4 is 5.73 Å². The highest BCUT2D eigenvalue weighted by Gasteiger charge is 2.42. The maximum atomic E-state index is 12.7. The first kappa shape index (κ1) is 42.8. The average Bonchev–Trinajstić information content (AvgIpc) is 3.35. The first-order valence-electron chi connectivity index (χ1n) is 18.7. The van der Waals surface area contributed by atoms with Gasteiger partial charge in [0.05, 0.1) is 17.9 Å². The summed E-state index contributed by atoms with van der Waals surface area (Å²) in [7, 11) is 0. The zero-order chi connectivity index (χ0) is 37.1. The summed E-state index contributed by atoms with van der Waals surface area (Å²) < 4.78 is 0. The second kappa shape index (κ2) is 22.4. The summed E-state index contributed by atoms with van der Waals surface area (Å²) in [5, 5.41) is 28.7. The number of benzene rings is 1. The number of aliphatic hydroxyl groups is 2. The number of aliphatic carboxylic acids is 1. The van der Waals surface area contributed by atoms with Crippen molar-refractivity contribution >= 4 is 17.7 Å². The molecule has 0 spiro atoms. The number of aromatic nitrogens is 1. The van der Waals surface area contributed by atoms with E-state index >= 15 is 0 Å². The molecule has 0 aliphatic heterocycles. The van der Waals surface area contributed by atoms with Crippen LogP contribution in [-0.4, -0.2) is 73.7 Å². The molecule has 1 unspecified atom stereocenters. The van der Waals surface area contributed by atoms with Crippen molar-refractivity contribution < 1.29 is 29.7 Å². The van der Waals surface area contributed by atoms with Crippen molar-refractivity contribution in [1.29, 1.82) is 0 Å². The lowest BCUT2D eigenvalue weighted by Crippen LogP contribution is -2.47. The van der Waals surface area contributed by atoms with E-state index in [1.54, 1.807) is 12.3 Å². The largest absolute Gasteiger partial charge is 0.481 e. The summed E-state index contributed by atoms with van der Waals surface area (Å²) >= 11 is 0. The fourth-order valence-electron chi connectivity index (χ4n) is 7.10. The highest BCUT2D eigenvalue weighted by Crippen LogP contribution is 2.36. The molecule has 5 atom stereocenters. The number of primary amides is 1. The Labute approximate surface area is 300 Å². The molecule has 1 fully saturated rings. The minimum atomic E-state index is -0.926. The molecule has 1 aliphatic carbocycles. The van der Waals surface area contributed by atoms with E-state index < -0.39 is 23.6 Å². The fourth-order valence-corrected chi connectivity index (χ4v) is 7.10. The van der Waals surface area contributed by atoms with Crippen LogP contribution in [0.4, 0.5) is 0 Å². The lowest BCUT2D eigenvalue weighted by atomic mass is 9.73. The molecule has 1 heterocycles. The number of aliphatic hydroxyl groups excluding tert-OH is 2. The molecule has 9 heteroatoms. The lowest BCUT2D eigenvalue weighted by molar-refractivity contribution is -0.137. The molecule has 9 nitrogen and oxygen atoms in total. The van der Waals surface area contributed by atoms with Gasteiger partial charge in [0.1, 0.15) is 11.2 Å². The zero-order valence-corrected chi connectivity index (χ0v) is 31.0. The summed E-state index contributed by atoms with van der Waals surface area (Å²) in [5.74, 6) is -1.39. The number of nitrogens with two attached hydrogens (primary N) is 1. The Hall–Kier alpha value is -3.40. The zero-order valence-electron chi connectivity index (χ0n) is 31.0. The molecule has 1 aliphatic rings. The molecule has 1 aromatic carbocycles. The van der Waals surface area contributed by atoms with Crippen LogP contribution in [0.1, 0.15) is 123 Å². The number of unbranched alkanes of at least 4 members (excludes halogenated alkanes) is 5. The summed E-state index contributed by atoms with van der Waals surface area (Å²) in [6, 6.07) is 16.2. The van der Waals surface area contributed by atoms with Gasteiger partial charge in [-0.05, 0) is 71.1 Å². The van der Waals surface area contributed by atoms with Crippen molar-refractivity contribution in [3.8, 4) is 0 Å². The quantitative estimate of drug-likeness (QED) is 0.0819. The summed E-state index contributed by atoms with van der Waals surface area (Å²) in [6.07, 6.45) is 13.1. The highest BCUT2D eigenvalue weighted by molar-refractivity contribution is 5.90. The molecule has 2 aromatic rings. The van der Waals surface area contributed by atoms with Gasteiger partial charge in [-0.2, -0.15) is 0 Å². The number of carbonyl (C=O) groups is 3. The van der Waals surface area contributed by atoms with Crippen molar-refractivity contribution in [1.82, 2.24) is 9.88 Å². The molecule has 0 bridgehead atoms. The molecule has 1 saturated carbocycles. The molecule has 1 aromatic heterocycles. The smallest absolute Gasteiger partial charge is 0.303 e. The Morgan fingerprint density at radius 2 is 1.64 bits per heavy atom. The van der Waals surface area contributed by atoms with Gasteiger partial charge in [0.15, 0.2) is 0 Å². The van der Waals surface area contributed by atoms with Crippen molar-refractivity contribution in [3.63, 3.8) is 0 Å². The monoisotopic (exact) mass is 693 g/mol. The Morgan fingerprint density at radius 1 is 0.980 bits per heavy atom. The summed E-state index contributed by atoms with van der Waals surface area (Å²) in [5.41, 5.74) is 6.66. The summed E-state index contributed by atoms with van der Waals surface area (Å²) in [4.78, 5) is 42.2. The number of amides is 1. The predicted octanol–water partition coefficient (Wildman–Crippen LogP) is 6.84. The van der Waals surface area contributed by atoms with E-state index in [2.05, 4.69) is 44.5 Å². The van der Waals surface area contributed by atoms with Gasteiger partial charge in [-0.1, -0.05) is 94.0 Å². The predicted molar refractivity (Wildman–Crippen MR) is 199 cm³/mol. The van der Waals surface area contributed by atoms with Crippen LogP contribution in [0.25, 0.3) is 0 Å². The molecule has 0 radical (unpaired) electrons. The van der Waals surface area contributed by atoms with Crippen LogP contribution in [0.5, 0.6) is 0 Å². The fraction of sp³-hybridized carbons (Fsp3) is 0.610. The van der Waals surface area contributed by atoms with E-state index in [4.69, 9.17) is 10.8 Å². The van der Waals surface area contributed by atoms with Crippen LogP contribution in [-0.2, 0) is 19.8 Å². The first-order chi connectivity index (χ1) is 23.8. The van der Waals surface area contributed by atoms with E-state index in [9.17, 15) is 24.6 Å². The number of carboxylic acid groups (broad SMARTS) is 1. The molecule has 278 valence electrons. The third kappa shape index (κ3) is 13.4. The summed E-state index contributed by atoms with van der Waals surface area (Å²) in [6.45, 7) is 11.6. The molecule has 0 saturated heterocycles. The lowest BCUT2D eigenvalue weighted by Gasteiger charge is -2.36. The maximum Gasteiger partial charge on any atom is 0.303 e. The number of nitrogens with zero attached hydrogens (tertiary/aromatic N) is 2. The third-order valence-corrected chi connectivity index (χ3v) is 9.91. The maximum absolute atomic E-state index is 12.7. The minimum absolute atomic E-state index is 0.105. The van der Waals surface area contributed by atoms with E-state index in [0.29, 0.717) is 30.6 Å². The molecular weight excluding hydrogens is 630 g/mol. The number of ketones is 1. The normalized spacial score (nSPS) is 19.5. The van der Waals surface area contributed by atoms with Crippen LogP contribution in [0.3, 0.4) is 0 Å². The van der Waals surface area contributed by atoms with Crippen molar-refractivity contribution in [3.05, 3.63) is 78.1 Å². The molecule has 5 N–H and O–H groups in total. The van der Waals surface area contributed by atoms with Crippen LogP contribution in [0.2, 0.25) is 0 Å². The van der Waals surface area contributed by atoms with Crippen molar-refractivity contribution in [2.24, 2.45) is 17.6 Å². The topological polar surface area (TPSA) is 154 Å². The van der Waals surface area contributed by atoms with Crippen LogP contribution in [0.15, 0.2) is 66.9 Å². The van der Waals surface area contributed by atoms with E-state index in [1.807, 2.05) is 54.6 Å². The number of hydrogen-bond donors (Lipinski definition) is 4. The number of carbonyl (C=O) groups excluding carboxylic acids is 2. The Bertz CT molecular complexity index is 1250. The van der Waals surface area contributed by atoms with Crippen molar-refractivity contribution in [2.45, 2.75) is 141 Å². The van der Waals surface area contributed by atoms with Crippen LogP contribution in [0, 0.1) is 11.8 Å². The van der Waals surface area contributed by atoms with Gasteiger partial charge in [-0.25, -0.2) is 0 Å². The third-order valence-electron chi connectivity index (χ3n) is 9.91. The van der Waals surface area contributed by atoms with Crippen molar-refractivity contribution in [2.75, 3.05) is 6.54 Å². The Balaban J connectivity index is 0.000000347. The molecule has 3 rings (SSSR count). The number of rotatable bonds is 21. The standard InChI is InChI=1S/C21H29N3O.C20H34O5/c1-16(2)24(17(3)4)15-13-21(20(22)25,18-10-6-5-7-11-18)19-12-8-9-14-23-19;1-2-3-6-9-15(21)12-13-17-16(18(22)14-19(17)23)10-7-4-5-8-11-20(24)25/h5-12,14,16-17H,13,15H2,1-4H3,(H2,22,25);12-13,15-17,19,21,23H,2-11,14H2,1H3,(H,24,25)/b;13-12+/t;15-,16+,17+,19+/m.0/s1. The molecule has 50 heavy (non-hydrogen) atoms. The average molecular weight is 694 g/mol. The number of carboxylic acids is 1. The Morgan fingerprint density at radius 3 is 2.22 bits per heavy atom. The number of Topliss-reactive ketones (excluding diaryl/α,β-unsaturated/α-hetero) is 1. The van der Waals surface area contributed by atoms with Gasteiger partial charge >= 0.3 is 5.97 Å². The van der Waals surface area contributed by atoms with Gasteiger partial charge < -0.3 is 21.1 Å². The van der Waals surface area contributed by atoms with E-state index in [-0.39, 0.29) is 36.4 Å². The van der Waals surface area contributed by atoms with E-state index in [0.717, 1.165) is 63.5 Å². The number of hydrogen-bond acceptors (Lipinski definition) is 7. The Kier molecular flexibility index (Phi) is 19.2. The van der Waals surface area contributed by atoms with Crippen LogP contribution >= 0.6 is 0 Å². The first-order valence-corrected chi connectivity index (χ1v) is 18.7.